The molecule has 0 aliphatic rings. The molecule has 0 aliphatic heterocycles. The number of benzene rings is 2. The summed E-state index contributed by atoms with van der Waals surface area (Å²) in [6.07, 6.45) is 1.96. The molecular weight excluding hydrogens is 417 g/mol. The number of sulfone groups is 1. The van der Waals surface area contributed by atoms with Gasteiger partial charge in [0.25, 0.3) is 0 Å². The molecule has 0 fully saturated rings. The van der Waals surface area contributed by atoms with Crippen LogP contribution in [-0.4, -0.2) is 40.8 Å². The summed E-state index contributed by atoms with van der Waals surface area (Å²) in [6, 6.07) is 12.2. The van der Waals surface area contributed by atoms with Crippen LogP contribution in [-0.2, 0) is 28.6 Å². The van der Waals surface area contributed by atoms with Crippen LogP contribution >= 0.6 is 0 Å². The second kappa shape index (κ2) is 11.7. The smallest absolute Gasteiger partial charge is 0.191 e. The Hall–Kier alpha value is -2.61. The number of halogens is 1. The van der Waals surface area contributed by atoms with E-state index in [1.165, 1.54) is 23.8 Å². The van der Waals surface area contributed by atoms with Gasteiger partial charge in [0.15, 0.2) is 15.8 Å². The molecule has 0 saturated heterocycles. The highest BCUT2D eigenvalue weighted by atomic mass is 32.2. The molecule has 170 valence electrons. The molecule has 8 heteroatoms. The van der Waals surface area contributed by atoms with Gasteiger partial charge in [0, 0.05) is 26.4 Å². The largest absolute Gasteiger partial charge is 0.493 e. The Kier molecular flexibility index (Phi) is 9.30. The number of nitrogens with zero attached hydrogens (tertiary/aromatic N) is 1. The maximum atomic E-state index is 13.7. The van der Waals surface area contributed by atoms with Crippen LogP contribution in [0.4, 0.5) is 4.39 Å². The molecule has 31 heavy (non-hydrogen) atoms. The van der Waals surface area contributed by atoms with Crippen LogP contribution in [0.1, 0.15) is 30.5 Å². The van der Waals surface area contributed by atoms with Crippen LogP contribution in [0, 0.1) is 11.7 Å². The van der Waals surface area contributed by atoms with Gasteiger partial charge in [0.1, 0.15) is 11.6 Å². The molecule has 0 unspecified atom stereocenters. The van der Waals surface area contributed by atoms with Crippen LogP contribution in [0.5, 0.6) is 5.75 Å². The topological polar surface area (TPSA) is 79.8 Å². The normalized spacial score (nSPS) is 12.1. The van der Waals surface area contributed by atoms with Crippen molar-refractivity contribution in [2.75, 3.05) is 26.5 Å². The van der Waals surface area contributed by atoms with E-state index in [1.54, 1.807) is 7.05 Å². The van der Waals surface area contributed by atoms with E-state index < -0.39 is 15.7 Å². The average Bonchev–Trinajstić information content (AvgIpc) is 2.70. The van der Waals surface area contributed by atoms with Crippen LogP contribution < -0.4 is 15.4 Å². The van der Waals surface area contributed by atoms with E-state index in [9.17, 15) is 12.8 Å². The molecule has 6 nitrogen and oxygen atoms in total. The molecule has 0 heterocycles. The minimum Gasteiger partial charge on any atom is -0.493 e. The summed E-state index contributed by atoms with van der Waals surface area (Å²) in [5.41, 5.74) is 2.33. The fourth-order valence-electron chi connectivity index (χ4n) is 2.92. The van der Waals surface area contributed by atoms with E-state index in [0.29, 0.717) is 36.2 Å². The van der Waals surface area contributed by atoms with Gasteiger partial charge in [0.05, 0.1) is 12.4 Å². The number of hydrogen-bond acceptors (Lipinski definition) is 4. The summed E-state index contributed by atoms with van der Waals surface area (Å²) in [5.74, 6) is 1.37. The van der Waals surface area contributed by atoms with E-state index in [1.807, 2.05) is 24.3 Å². The predicted octanol–water partition coefficient (Wildman–Crippen LogP) is 3.31. The SMILES string of the molecule is CN=C(NCCc1ccc(OCC(C)C)cc1)NCc1cc(F)ccc1CS(C)(=O)=O. The minimum atomic E-state index is -3.22. The lowest BCUT2D eigenvalue weighted by atomic mass is 10.1. The molecule has 2 aromatic carbocycles. The van der Waals surface area contributed by atoms with Gasteiger partial charge in [-0.25, -0.2) is 12.8 Å². The third-order valence-electron chi connectivity index (χ3n) is 4.47. The van der Waals surface area contributed by atoms with Crippen molar-refractivity contribution in [3.05, 3.63) is 65.0 Å². The van der Waals surface area contributed by atoms with Gasteiger partial charge in [-0.2, -0.15) is 0 Å². The Labute approximate surface area is 184 Å². The first-order chi connectivity index (χ1) is 14.7. The van der Waals surface area contributed by atoms with Gasteiger partial charge in [-0.3, -0.25) is 4.99 Å². The molecule has 0 radical (unpaired) electrons. The van der Waals surface area contributed by atoms with E-state index in [2.05, 4.69) is 29.5 Å². The van der Waals surface area contributed by atoms with Crippen molar-refractivity contribution in [2.24, 2.45) is 10.9 Å². The lowest BCUT2D eigenvalue weighted by Crippen LogP contribution is -2.38. The highest BCUT2D eigenvalue weighted by Gasteiger charge is 2.11. The van der Waals surface area contributed by atoms with Crippen LogP contribution in [0.3, 0.4) is 0 Å². The van der Waals surface area contributed by atoms with Crippen molar-refractivity contribution in [2.45, 2.75) is 32.6 Å². The highest BCUT2D eigenvalue weighted by molar-refractivity contribution is 7.89. The van der Waals surface area contributed by atoms with Crippen molar-refractivity contribution >= 4 is 15.8 Å². The maximum absolute atomic E-state index is 13.7. The third kappa shape index (κ3) is 9.38. The zero-order chi connectivity index (χ0) is 22.9. The molecule has 0 spiro atoms. The molecular formula is C23H32FN3O3S. The number of hydrogen-bond donors (Lipinski definition) is 2. The van der Waals surface area contributed by atoms with Gasteiger partial charge in [-0.05, 0) is 53.3 Å². The van der Waals surface area contributed by atoms with Crippen molar-refractivity contribution in [3.8, 4) is 5.75 Å². The Morgan fingerprint density at radius 2 is 1.81 bits per heavy atom. The van der Waals surface area contributed by atoms with Gasteiger partial charge in [0.2, 0.25) is 0 Å². The molecule has 0 bridgehead atoms. The summed E-state index contributed by atoms with van der Waals surface area (Å²) in [7, 11) is -1.57. The molecule has 0 atom stereocenters. The lowest BCUT2D eigenvalue weighted by molar-refractivity contribution is 0.271. The van der Waals surface area contributed by atoms with E-state index in [0.717, 1.165) is 18.4 Å². The highest BCUT2D eigenvalue weighted by Crippen LogP contribution is 2.15. The first kappa shape index (κ1) is 24.7. The zero-order valence-electron chi connectivity index (χ0n) is 18.6. The molecule has 0 aliphatic carbocycles. The molecule has 2 N–H and O–H groups in total. The molecule has 0 amide bonds. The van der Waals surface area contributed by atoms with Crippen molar-refractivity contribution < 1.29 is 17.5 Å². The average molecular weight is 450 g/mol. The third-order valence-corrected chi connectivity index (χ3v) is 5.30. The molecule has 2 aromatic rings. The van der Waals surface area contributed by atoms with E-state index in [-0.39, 0.29) is 12.3 Å². The fourth-order valence-corrected chi connectivity index (χ4v) is 3.77. The molecule has 0 saturated carbocycles. The van der Waals surface area contributed by atoms with Crippen molar-refractivity contribution in [1.29, 1.82) is 0 Å². The fraction of sp³-hybridized carbons (Fsp3) is 0.435. The summed E-state index contributed by atoms with van der Waals surface area (Å²) in [6.45, 7) is 5.85. The van der Waals surface area contributed by atoms with Gasteiger partial charge in [-0.15, -0.1) is 0 Å². The van der Waals surface area contributed by atoms with Crippen molar-refractivity contribution in [3.63, 3.8) is 0 Å². The quantitative estimate of drug-likeness (QED) is 0.430. The second-order valence-corrected chi connectivity index (χ2v) is 10.1. The van der Waals surface area contributed by atoms with Gasteiger partial charge in [-0.1, -0.05) is 32.0 Å². The van der Waals surface area contributed by atoms with Crippen molar-refractivity contribution in [1.82, 2.24) is 10.6 Å². The van der Waals surface area contributed by atoms with Crippen LogP contribution in [0.25, 0.3) is 0 Å². The summed E-state index contributed by atoms with van der Waals surface area (Å²) < 4.78 is 42.6. The summed E-state index contributed by atoms with van der Waals surface area (Å²) in [4.78, 5) is 4.18. The standard InChI is InChI=1S/C23H32FN3O3S/c1-17(2)15-30-22-9-5-18(6-10-22)11-12-26-23(25-3)27-14-20-13-21(24)8-7-19(20)16-31(4,28)29/h5-10,13,17H,11-12,14-16H2,1-4H3,(H2,25,26,27). The number of rotatable bonds is 10. The predicted molar refractivity (Wildman–Crippen MR) is 124 cm³/mol. The first-order valence-corrected chi connectivity index (χ1v) is 12.3. The number of guanidine groups is 1. The summed E-state index contributed by atoms with van der Waals surface area (Å²) in [5, 5.41) is 6.34. The van der Waals surface area contributed by atoms with Gasteiger partial charge < -0.3 is 15.4 Å². The van der Waals surface area contributed by atoms with Crippen LogP contribution in [0.2, 0.25) is 0 Å². The number of ether oxygens (including phenoxy) is 1. The molecule has 0 aromatic heterocycles. The first-order valence-electron chi connectivity index (χ1n) is 10.3. The van der Waals surface area contributed by atoms with E-state index in [4.69, 9.17) is 4.74 Å². The van der Waals surface area contributed by atoms with Gasteiger partial charge >= 0.3 is 0 Å². The maximum Gasteiger partial charge on any atom is 0.191 e. The second-order valence-electron chi connectivity index (χ2n) is 7.93. The summed E-state index contributed by atoms with van der Waals surface area (Å²) >= 11 is 0. The Bertz CT molecular complexity index is 974. The Morgan fingerprint density at radius 3 is 2.42 bits per heavy atom. The Morgan fingerprint density at radius 1 is 1.10 bits per heavy atom. The number of aliphatic imine (C=N–C) groups is 1. The Balaban J connectivity index is 1.86. The van der Waals surface area contributed by atoms with Crippen LogP contribution in [0.15, 0.2) is 47.5 Å². The minimum absolute atomic E-state index is 0.132. The molecule has 2 rings (SSSR count). The number of nitrogens with one attached hydrogen (secondary N) is 2. The van der Waals surface area contributed by atoms with E-state index >= 15 is 0 Å². The monoisotopic (exact) mass is 449 g/mol. The lowest BCUT2D eigenvalue weighted by Gasteiger charge is -2.14. The zero-order valence-corrected chi connectivity index (χ0v) is 19.4.